The number of fused-ring (bicyclic) bond motifs is 1. The number of nitrogens with zero attached hydrogens (tertiary/aromatic N) is 2. The summed E-state index contributed by atoms with van der Waals surface area (Å²) in [7, 11) is 0. The first-order chi connectivity index (χ1) is 9.78. The molecule has 0 spiro atoms. The van der Waals surface area contributed by atoms with Gasteiger partial charge in [0.05, 0.1) is 0 Å². The fraction of sp³-hybridized carbons (Fsp3) is 0.312. The third kappa shape index (κ3) is 2.46. The monoisotopic (exact) mass is 271 g/mol. The van der Waals surface area contributed by atoms with Gasteiger partial charge in [0.1, 0.15) is 17.5 Å². The molecular weight excluding hydrogens is 253 g/mol. The Hall–Kier alpha value is -2.10. The molecule has 0 atom stereocenters. The maximum atomic E-state index is 13.4. The van der Waals surface area contributed by atoms with E-state index in [-0.39, 0.29) is 5.82 Å². The normalized spacial score (nSPS) is 13.4. The highest BCUT2D eigenvalue weighted by Gasteiger charge is 2.21. The molecule has 0 saturated carbocycles. The number of aromatic nitrogens is 1. The largest absolute Gasteiger partial charge is 0.370 e. The molecule has 0 unspecified atom stereocenters. The summed E-state index contributed by atoms with van der Waals surface area (Å²) in [5, 5.41) is 3.28. The molecule has 104 valence electrons. The van der Waals surface area contributed by atoms with Gasteiger partial charge >= 0.3 is 0 Å². The van der Waals surface area contributed by atoms with Crippen LogP contribution in [0.3, 0.4) is 0 Å². The molecule has 0 amide bonds. The standard InChI is InChI=1S/C16H18FN3/c1-2-9-18-15-4-3-5-16(19-15)20-10-8-12-6-7-13(17)11-14(12)20/h3-7,11H,2,8-10H2,1H3,(H,18,19). The molecule has 0 saturated heterocycles. The molecule has 20 heavy (non-hydrogen) atoms. The molecule has 0 radical (unpaired) electrons. The second-order valence-corrected chi connectivity index (χ2v) is 4.98. The third-order valence-corrected chi connectivity index (χ3v) is 3.51. The first-order valence-corrected chi connectivity index (χ1v) is 7.05. The fourth-order valence-electron chi connectivity index (χ4n) is 2.52. The lowest BCUT2D eigenvalue weighted by atomic mass is 10.2. The van der Waals surface area contributed by atoms with E-state index in [0.29, 0.717) is 0 Å². The summed E-state index contributed by atoms with van der Waals surface area (Å²) in [6.07, 6.45) is 1.99. The Morgan fingerprint density at radius 3 is 3.05 bits per heavy atom. The Labute approximate surface area is 118 Å². The molecule has 2 heterocycles. The first kappa shape index (κ1) is 12.9. The average molecular weight is 271 g/mol. The zero-order valence-electron chi connectivity index (χ0n) is 11.6. The van der Waals surface area contributed by atoms with Crippen molar-refractivity contribution >= 4 is 17.3 Å². The number of hydrogen-bond acceptors (Lipinski definition) is 3. The highest BCUT2D eigenvalue weighted by atomic mass is 19.1. The van der Waals surface area contributed by atoms with Crippen LogP contribution in [0.5, 0.6) is 0 Å². The molecule has 3 nitrogen and oxygen atoms in total. The Morgan fingerprint density at radius 1 is 1.30 bits per heavy atom. The molecule has 0 fully saturated rings. The Balaban J connectivity index is 1.90. The molecule has 0 aliphatic carbocycles. The van der Waals surface area contributed by atoms with Crippen LogP contribution >= 0.6 is 0 Å². The highest BCUT2D eigenvalue weighted by molar-refractivity contribution is 5.68. The van der Waals surface area contributed by atoms with Gasteiger partial charge < -0.3 is 10.2 Å². The van der Waals surface area contributed by atoms with Crippen molar-refractivity contribution < 1.29 is 4.39 Å². The number of hydrogen-bond donors (Lipinski definition) is 1. The summed E-state index contributed by atoms with van der Waals surface area (Å²) in [5.41, 5.74) is 2.12. The second-order valence-electron chi connectivity index (χ2n) is 4.98. The molecule has 4 heteroatoms. The number of rotatable bonds is 4. The summed E-state index contributed by atoms with van der Waals surface area (Å²) < 4.78 is 13.4. The van der Waals surface area contributed by atoms with Gasteiger partial charge in [-0.3, -0.25) is 0 Å². The van der Waals surface area contributed by atoms with Crippen LogP contribution in [0, 0.1) is 5.82 Å². The van der Waals surface area contributed by atoms with Crippen LogP contribution in [0.15, 0.2) is 36.4 Å². The summed E-state index contributed by atoms with van der Waals surface area (Å²) in [6, 6.07) is 10.9. The lowest BCUT2D eigenvalue weighted by molar-refractivity contribution is 0.628. The minimum Gasteiger partial charge on any atom is -0.370 e. The second kappa shape index (κ2) is 5.49. The highest BCUT2D eigenvalue weighted by Crippen LogP contribution is 2.34. The maximum Gasteiger partial charge on any atom is 0.135 e. The summed E-state index contributed by atoms with van der Waals surface area (Å²) in [4.78, 5) is 6.69. The van der Waals surface area contributed by atoms with Gasteiger partial charge in [-0.25, -0.2) is 9.37 Å². The Kier molecular flexibility index (Phi) is 3.54. The zero-order valence-corrected chi connectivity index (χ0v) is 11.6. The van der Waals surface area contributed by atoms with Crippen LogP contribution < -0.4 is 10.2 Å². The topological polar surface area (TPSA) is 28.2 Å². The molecule has 3 rings (SSSR count). The van der Waals surface area contributed by atoms with E-state index < -0.39 is 0 Å². The minimum absolute atomic E-state index is 0.198. The summed E-state index contributed by atoms with van der Waals surface area (Å²) in [5.74, 6) is 1.54. The first-order valence-electron chi connectivity index (χ1n) is 7.05. The average Bonchev–Trinajstić information content (AvgIpc) is 2.88. The third-order valence-electron chi connectivity index (χ3n) is 3.51. The lowest BCUT2D eigenvalue weighted by Crippen LogP contribution is -2.15. The van der Waals surface area contributed by atoms with Gasteiger partial charge in [-0.15, -0.1) is 0 Å². The van der Waals surface area contributed by atoms with E-state index in [4.69, 9.17) is 0 Å². The van der Waals surface area contributed by atoms with Crippen LogP contribution in [0.2, 0.25) is 0 Å². The molecular formula is C16H18FN3. The number of benzene rings is 1. The van der Waals surface area contributed by atoms with Crippen LogP contribution in [0.1, 0.15) is 18.9 Å². The molecule has 1 N–H and O–H groups in total. The van der Waals surface area contributed by atoms with Crippen molar-refractivity contribution in [3.8, 4) is 0 Å². The number of nitrogens with one attached hydrogen (secondary N) is 1. The van der Waals surface area contributed by atoms with E-state index in [1.807, 2.05) is 24.3 Å². The Bertz CT molecular complexity index is 612. The van der Waals surface area contributed by atoms with E-state index in [0.717, 1.165) is 43.3 Å². The van der Waals surface area contributed by atoms with E-state index in [9.17, 15) is 4.39 Å². The SMILES string of the molecule is CCCNc1cccc(N2CCc3ccc(F)cc32)n1. The van der Waals surface area contributed by atoms with Crippen LogP contribution in [0.25, 0.3) is 0 Å². The fourth-order valence-corrected chi connectivity index (χ4v) is 2.52. The zero-order chi connectivity index (χ0) is 13.9. The van der Waals surface area contributed by atoms with Crippen LogP contribution in [-0.4, -0.2) is 18.1 Å². The van der Waals surface area contributed by atoms with Crippen molar-refractivity contribution in [3.05, 3.63) is 47.8 Å². The van der Waals surface area contributed by atoms with Gasteiger partial charge in [0, 0.05) is 18.8 Å². The summed E-state index contributed by atoms with van der Waals surface area (Å²) in [6.45, 7) is 3.88. The molecule has 1 aromatic carbocycles. The van der Waals surface area contributed by atoms with Crippen molar-refractivity contribution in [3.63, 3.8) is 0 Å². The van der Waals surface area contributed by atoms with Gasteiger partial charge in [-0.2, -0.15) is 0 Å². The van der Waals surface area contributed by atoms with Gasteiger partial charge in [0.25, 0.3) is 0 Å². The van der Waals surface area contributed by atoms with E-state index in [2.05, 4.69) is 22.1 Å². The van der Waals surface area contributed by atoms with E-state index in [1.165, 1.54) is 11.6 Å². The van der Waals surface area contributed by atoms with Gasteiger partial charge in [0.15, 0.2) is 0 Å². The van der Waals surface area contributed by atoms with Crippen molar-refractivity contribution in [2.75, 3.05) is 23.3 Å². The van der Waals surface area contributed by atoms with Crippen molar-refractivity contribution in [1.29, 1.82) is 0 Å². The number of halogens is 1. The smallest absolute Gasteiger partial charge is 0.135 e. The summed E-state index contributed by atoms with van der Waals surface area (Å²) >= 11 is 0. The predicted octanol–water partition coefficient (Wildman–Crippen LogP) is 3.74. The van der Waals surface area contributed by atoms with Crippen LogP contribution in [0.4, 0.5) is 21.7 Å². The van der Waals surface area contributed by atoms with Crippen molar-refractivity contribution in [2.45, 2.75) is 19.8 Å². The van der Waals surface area contributed by atoms with Gasteiger partial charge in [-0.05, 0) is 42.7 Å². The van der Waals surface area contributed by atoms with E-state index >= 15 is 0 Å². The van der Waals surface area contributed by atoms with Gasteiger partial charge in [-0.1, -0.05) is 19.1 Å². The van der Waals surface area contributed by atoms with Crippen molar-refractivity contribution in [1.82, 2.24) is 4.98 Å². The maximum absolute atomic E-state index is 13.4. The Morgan fingerprint density at radius 2 is 2.20 bits per heavy atom. The van der Waals surface area contributed by atoms with Crippen molar-refractivity contribution in [2.24, 2.45) is 0 Å². The number of anilines is 3. The molecule has 1 aliphatic heterocycles. The molecule has 1 aromatic heterocycles. The quantitative estimate of drug-likeness (QED) is 0.918. The number of pyridine rings is 1. The molecule has 2 aromatic rings. The molecule has 1 aliphatic rings. The molecule has 0 bridgehead atoms. The minimum atomic E-state index is -0.198. The van der Waals surface area contributed by atoms with Crippen LogP contribution in [-0.2, 0) is 6.42 Å². The van der Waals surface area contributed by atoms with Gasteiger partial charge in [0.2, 0.25) is 0 Å². The lowest BCUT2D eigenvalue weighted by Gasteiger charge is -2.19. The van der Waals surface area contributed by atoms with E-state index in [1.54, 1.807) is 6.07 Å². The predicted molar refractivity (Wildman–Crippen MR) is 80.1 cm³/mol.